The van der Waals surface area contributed by atoms with Crippen LogP contribution in [0, 0.1) is 11.7 Å². The molecule has 1 aromatic rings. The van der Waals surface area contributed by atoms with E-state index in [-0.39, 0.29) is 5.82 Å². The number of hydrogen-bond acceptors (Lipinski definition) is 3. The minimum Gasteiger partial charge on any atom is -0.381 e. The highest BCUT2D eigenvalue weighted by Crippen LogP contribution is 2.12. The zero-order chi connectivity index (χ0) is 17.7. The van der Waals surface area contributed by atoms with Gasteiger partial charge in [0.15, 0.2) is 5.96 Å². The minimum absolute atomic E-state index is 0.192. The third kappa shape index (κ3) is 8.31. The van der Waals surface area contributed by atoms with Crippen LogP contribution in [0.2, 0.25) is 0 Å². The summed E-state index contributed by atoms with van der Waals surface area (Å²) in [4.78, 5) is 4.55. The smallest absolute Gasteiger partial charge is 0.191 e. The van der Waals surface area contributed by atoms with Gasteiger partial charge in [-0.2, -0.15) is 0 Å². The Balaban J connectivity index is 1.60. The quantitative estimate of drug-likeness (QED) is 0.386. The van der Waals surface area contributed by atoms with Gasteiger partial charge >= 0.3 is 0 Å². The standard InChI is InChI=1S/C19H30FN3O2/c1-2-21-19(23-10-7-16-5-3-6-18(20)13-16)22-9-4-11-24-14-17-8-12-25-15-17/h3,5-6,13,17H,2,4,7-12,14-15H2,1H3,(H2,21,22,23). The molecule has 140 valence electrons. The molecular formula is C19H30FN3O2. The van der Waals surface area contributed by atoms with E-state index in [0.717, 1.165) is 70.3 Å². The maximum atomic E-state index is 13.2. The second kappa shape index (κ2) is 11.8. The Morgan fingerprint density at radius 1 is 1.40 bits per heavy atom. The number of aliphatic imine (C=N–C) groups is 1. The SMILES string of the molecule is CCNC(=NCCCOCC1CCOC1)NCCc1cccc(F)c1. The number of halogens is 1. The van der Waals surface area contributed by atoms with Gasteiger partial charge < -0.3 is 20.1 Å². The number of rotatable bonds is 10. The van der Waals surface area contributed by atoms with Gasteiger partial charge in [-0.25, -0.2) is 4.39 Å². The molecule has 0 spiro atoms. The molecule has 1 heterocycles. The van der Waals surface area contributed by atoms with Crippen LogP contribution in [0.4, 0.5) is 4.39 Å². The summed E-state index contributed by atoms with van der Waals surface area (Å²) >= 11 is 0. The summed E-state index contributed by atoms with van der Waals surface area (Å²) in [6, 6.07) is 6.70. The van der Waals surface area contributed by atoms with Gasteiger partial charge in [-0.1, -0.05) is 12.1 Å². The highest BCUT2D eigenvalue weighted by atomic mass is 19.1. The molecule has 0 aromatic heterocycles. The first-order valence-corrected chi connectivity index (χ1v) is 9.20. The predicted octanol–water partition coefficient (Wildman–Crippen LogP) is 2.37. The lowest BCUT2D eigenvalue weighted by atomic mass is 10.1. The van der Waals surface area contributed by atoms with Gasteiger partial charge in [0.1, 0.15) is 5.82 Å². The lowest BCUT2D eigenvalue weighted by molar-refractivity contribution is 0.0893. The zero-order valence-electron chi connectivity index (χ0n) is 15.1. The lowest BCUT2D eigenvalue weighted by Crippen LogP contribution is -2.38. The topological polar surface area (TPSA) is 54.9 Å². The summed E-state index contributed by atoms with van der Waals surface area (Å²) < 4.78 is 24.2. The maximum Gasteiger partial charge on any atom is 0.191 e. The van der Waals surface area contributed by atoms with E-state index >= 15 is 0 Å². The summed E-state index contributed by atoms with van der Waals surface area (Å²) in [5, 5.41) is 6.51. The molecule has 6 heteroatoms. The Morgan fingerprint density at radius 3 is 3.08 bits per heavy atom. The molecule has 1 saturated heterocycles. The highest BCUT2D eigenvalue weighted by Gasteiger charge is 2.15. The largest absolute Gasteiger partial charge is 0.381 e. The van der Waals surface area contributed by atoms with Crippen molar-refractivity contribution < 1.29 is 13.9 Å². The fourth-order valence-electron chi connectivity index (χ4n) is 2.68. The molecule has 1 aliphatic rings. The van der Waals surface area contributed by atoms with E-state index in [1.54, 1.807) is 12.1 Å². The second-order valence-electron chi connectivity index (χ2n) is 6.23. The molecule has 1 aromatic carbocycles. The molecule has 0 radical (unpaired) electrons. The molecule has 0 saturated carbocycles. The summed E-state index contributed by atoms with van der Waals surface area (Å²) in [7, 11) is 0. The molecule has 5 nitrogen and oxygen atoms in total. The number of benzene rings is 1. The molecular weight excluding hydrogens is 321 g/mol. The third-order valence-electron chi connectivity index (χ3n) is 4.03. The van der Waals surface area contributed by atoms with Crippen LogP contribution in [0.3, 0.4) is 0 Å². The van der Waals surface area contributed by atoms with E-state index in [1.807, 2.05) is 13.0 Å². The first-order chi connectivity index (χ1) is 12.3. The summed E-state index contributed by atoms with van der Waals surface area (Å²) in [6.07, 6.45) is 2.76. The number of nitrogens with one attached hydrogen (secondary N) is 2. The Labute approximate surface area is 150 Å². The van der Waals surface area contributed by atoms with Crippen LogP contribution in [-0.4, -0.2) is 52.0 Å². The summed E-state index contributed by atoms with van der Waals surface area (Å²) in [5.41, 5.74) is 0.979. The van der Waals surface area contributed by atoms with Crippen molar-refractivity contribution in [2.75, 3.05) is 46.1 Å². The number of guanidine groups is 1. The fraction of sp³-hybridized carbons (Fsp3) is 0.632. The van der Waals surface area contributed by atoms with Crippen LogP contribution in [-0.2, 0) is 15.9 Å². The van der Waals surface area contributed by atoms with Crippen LogP contribution >= 0.6 is 0 Å². The van der Waals surface area contributed by atoms with Gasteiger partial charge in [0.2, 0.25) is 0 Å². The van der Waals surface area contributed by atoms with Crippen molar-refractivity contribution in [1.29, 1.82) is 0 Å². The monoisotopic (exact) mass is 351 g/mol. The molecule has 2 N–H and O–H groups in total. The van der Waals surface area contributed by atoms with Crippen LogP contribution in [0.25, 0.3) is 0 Å². The van der Waals surface area contributed by atoms with E-state index in [9.17, 15) is 4.39 Å². The van der Waals surface area contributed by atoms with E-state index in [1.165, 1.54) is 6.07 Å². The third-order valence-corrected chi connectivity index (χ3v) is 4.03. The molecule has 1 unspecified atom stereocenters. The van der Waals surface area contributed by atoms with Crippen LogP contribution in [0.1, 0.15) is 25.3 Å². The van der Waals surface area contributed by atoms with Crippen molar-refractivity contribution in [3.8, 4) is 0 Å². The molecule has 1 aliphatic heterocycles. The van der Waals surface area contributed by atoms with Gasteiger partial charge in [0, 0.05) is 38.8 Å². The Hall–Kier alpha value is -1.66. The van der Waals surface area contributed by atoms with Gasteiger partial charge in [0.25, 0.3) is 0 Å². The van der Waals surface area contributed by atoms with E-state index in [4.69, 9.17) is 9.47 Å². The Bertz CT molecular complexity index is 519. The average Bonchev–Trinajstić information content (AvgIpc) is 3.11. The van der Waals surface area contributed by atoms with Crippen molar-refractivity contribution in [3.05, 3.63) is 35.6 Å². The number of ether oxygens (including phenoxy) is 2. The Kier molecular flexibility index (Phi) is 9.29. The van der Waals surface area contributed by atoms with Gasteiger partial charge in [-0.05, 0) is 43.9 Å². The molecule has 25 heavy (non-hydrogen) atoms. The molecule has 2 rings (SSSR count). The normalized spacial score (nSPS) is 17.7. The number of hydrogen-bond donors (Lipinski definition) is 2. The van der Waals surface area contributed by atoms with E-state index < -0.39 is 0 Å². The van der Waals surface area contributed by atoms with Gasteiger partial charge in [-0.3, -0.25) is 4.99 Å². The van der Waals surface area contributed by atoms with E-state index in [0.29, 0.717) is 12.5 Å². The fourth-order valence-corrected chi connectivity index (χ4v) is 2.68. The maximum absolute atomic E-state index is 13.2. The van der Waals surface area contributed by atoms with Crippen molar-refractivity contribution in [2.24, 2.45) is 10.9 Å². The molecule has 0 amide bonds. The van der Waals surface area contributed by atoms with Crippen LogP contribution in [0.5, 0.6) is 0 Å². The molecule has 0 bridgehead atoms. The first kappa shape index (κ1) is 19.7. The lowest BCUT2D eigenvalue weighted by Gasteiger charge is -2.12. The van der Waals surface area contributed by atoms with Crippen molar-refractivity contribution in [3.63, 3.8) is 0 Å². The summed E-state index contributed by atoms with van der Waals surface area (Å²) in [6.45, 7) is 7.49. The molecule has 1 fully saturated rings. The second-order valence-corrected chi connectivity index (χ2v) is 6.23. The average molecular weight is 351 g/mol. The first-order valence-electron chi connectivity index (χ1n) is 9.20. The zero-order valence-corrected chi connectivity index (χ0v) is 15.1. The van der Waals surface area contributed by atoms with E-state index in [2.05, 4.69) is 15.6 Å². The summed E-state index contributed by atoms with van der Waals surface area (Å²) in [5.74, 6) is 1.16. The number of nitrogens with zero attached hydrogens (tertiary/aromatic N) is 1. The van der Waals surface area contributed by atoms with Crippen molar-refractivity contribution >= 4 is 5.96 Å². The molecule has 1 atom stereocenters. The van der Waals surface area contributed by atoms with Crippen LogP contribution < -0.4 is 10.6 Å². The van der Waals surface area contributed by atoms with Gasteiger partial charge in [0.05, 0.1) is 13.2 Å². The van der Waals surface area contributed by atoms with Crippen molar-refractivity contribution in [2.45, 2.75) is 26.2 Å². The molecule has 0 aliphatic carbocycles. The van der Waals surface area contributed by atoms with Crippen LogP contribution in [0.15, 0.2) is 29.3 Å². The minimum atomic E-state index is -0.192. The highest BCUT2D eigenvalue weighted by molar-refractivity contribution is 5.79. The predicted molar refractivity (Wildman–Crippen MR) is 98.4 cm³/mol. The Morgan fingerprint density at radius 2 is 2.32 bits per heavy atom. The van der Waals surface area contributed by atoms with Gasteiger partial charge in [-0.15, -0.1) is 0 Å². The van der Waals surface area contributed by atoms with Crippen molar-refractivity contribution in [1.82, 2.24) is 10.6 Å².